The zero-order valence-electron chi connectivity index (χ0n) is 24.8. The number of benzene rings is 2. The fourth-order valence-electron chi connectivity index (χ4n) is 4.18. The van der Waals surface area contributed by atoms with E-state index in [4.69, 9.17) is 14.5 Å². The minimum absolute atomic E-state index is 0.156. The highest BCUT2D eigenvalue weighted by Crippen LogP contribution is 2.36. The van der Waals surface area contributed by atoms with Gasteiger partial charge in [-0.25, -0.2) is 14.2 Å². The minimum Gasteiger partial charge on any atom is -0.449 e. The molecule has 6 nitrogen and oxygen atoms in total. The van der Waals surface area contributed by atoms with Crippen LogP contribution in [0.2, 0.25) is 25.7 Å². The van der Waals surface area contributed by atoms with Crippen LogP contribution in [0.4, 0.5) is 9.18 Å². The number of nitrogens with zero attached hydrogens (tertiary/aromatic N) is 3. The van der Waals surface area contributed by atoms with Crippen molar-refractivity contribution in [3.05, 3.63) is 65.7 Å². The molecule has 0 saturated heterocycles. The van der Waals surface area contributed by atoms with Crippen molar-refractivity contribution in [2.24, 2.45) is 5.92 Å². The molecule has 0 fully saturated rings. The number of hydrogen-bond donors (Lipinski definition) is 0. The quantitative estimate of drug-likeness (QED) is 0.168. The molecule has 0 aliphatic carbocycles. The predicted molar refractivity (Wildman–Crippen MR) is 159 cm³/mol. The summed E-state index contributed by atoms with van der Waals surface area (Å²) < 4.78 is 27.6. The molecule has 0 spiro atoms. The molecule has 0 atom stereocenters. The Balaban J connectivity index is 2.01. The molecule has 0 saturated carbocycles. The second kappa shape index (κ2) is 13.4. The van der Waals surface area contributed by atoms with Gasteiger partial charge in [0, 0.05) is 45.3 Å². The van der Waals surface area contributed by atoms with E-state index in [2.05, 4.69) is 44.1 Å². The van der Waals surface area contributed by atoms with E-state index >= 15 is 0 Å². The third-order valence-electron chi connectivity index (χ3n) is 6.32. The van der Waals surface area contributed by atoms with Crippen LogP contribution in [0, 0.1) is 11.7 Å². The fraction of sp³-hybridized carbons (Fsp3) is 0.484. The Morgan fingerprint density at radius 1 is 1.05 bits per heavy atom. The molecule has 0 aliphatic rings. The van der Waals surface area contributed by atoms with Crippen LogP contribution in [0.1, 0.15) is 45.0 Å². The van der Waals surface area contributed by atoms with E-state index in [1.165, 1.54) is 12.1 Å². The van der Waals surface area contributed by atoms with E-state index in [1.807, 2.05) is 32.0 Å². The highest BCUT2D eigenvalue weighted by molar-refractivity contribution is 6.76. The van der Waals surface area contributed by atoms with Crippen molar-refractivity contribution in [3.63, 3.8) is 0 Å². The molecular formula is C31H44FN3O3Si. The molecule has 39 heavy (non-hydrogen) atoms. The third-order valence-corrected chi connectivity index (χ3v) is 8.02. The summed E-state index contributed by atoms with van der Waals surface area (Å²) >= 11 is 0. The topological polar surface area (TPSA) is 56.6 Å². The van der Waals surface area contributed by atoms with Crippen molar-refractivity contribution in [3.8, 4) is 22.5 Å². The minimum atomic E-state index is -1.23. The molecule has 1 amide bonds. The lowest BCUT2D eigenvalue weighted by Crippen LogP contribution is -2.28. The SMILES string of the molecule is CC(C)COC(=O)N(C)Cc1cccc(-c2c(-c3ccc(F)cc3)nc(C(C)C)n2COCC[Si](C)(C)C)c1. The Bertz CT molecular complexity index is 1230. The molecule has 3 rings (SSSR count). The smallest absolute Gasteiger partial charge is 0.409 e. The number of carbonyl (C=O) groups is 1. The van der Waals surface area contributed by atoms with Crippen molar-refractivity contribution in [2.45, 2.75) is 72.6 Å². The summed E-state index contributed by atoms with van der Waals surface area (Å²) in [6.45, 7) is 17.2. The Morgan fingerprint density at radius 3 is 2.36 bits per heavy atom. The highest BCUT2D eigenvalue weighted by Gasteiger charge is 2.23. The maximum atomic E-state index is 13.8. The second-order valence-corrected chi connectivity index (χ2v) is 17.8. The summed E-state index contributed by atoms with van der Waals surface area (Å²) in [7, 11) is 0.509. The first-order valence-electron chi connectivity index (χ1n) is 13.8. The summed E-state index contributed by atoms with van der Waals surface area (Å²) in [6.07, 6.45) is -0.343. The van der Waals surface area contributed by atoms with Crippen LogP contribution < -0.4 is 0 Å². The summed E-state index contributed by atoms with van der Waals surface area (Å²) in [6, 6.07) is 15.7. The Morgan fingerprint density at radius 2 is 1.74 bits per heavy atom. The first kappa shape index (κ1) is 30.6. The standard InChI is InChI=1S/C31H44FN3O3Si/c1-22(2)20-38-31(36)34(5)19-24-10-9-11-26(18-24)29-28(25-12-14-27(32)15-13-25)33-30(23(3)4)35(29)21-37-16-17-39(6,7)8/h9-15,18,22-23H,16-17,19-21H2,1-8H3. The van der Waals surface area contributed by atoms with Gasteiger partial charge < -0.3 is 18.9 Å². The van der Waals surface area contributed by atoms with Gasteiger partial charge in [0.05, 0.1) is 18.0 Å². The van der Waals surface area contributed by atoms with Gasteiger partial charge in [-0.2, -0.15) is 0 Å². The number of imidazole rings is 1. The summed E-state index contributed by atoms with van der Waals surface area (Å²) in [5.41, 5.74) is 4.48. The molecule has 1 aromatic heterocycles. The Kier molecular flexibility index (Phi) is 10.5. The van der Waals surface area contributed by atoms with Crippen molar-refractivity contribution in [1.82, 2.24) is 14.5 Å². The van der Waals surface area contributed by atoms with Gasteiger partial charge in [-0.3, -0.25) is 0 Å². The van der Waals surface area contributed by atoms with Crippen LogP contribution in [0.3, 0.4) is 0 Å². The molecule has 0 bridgehead atoms. The van der Waals surface area contributed by atoms with E-state index in [9.17, 15) is 9.18 Å². The van der Waals surface area contributed by atoms with Crippen LogP contribution >= 0.6 is 0 Å². The maximum Gasteiger partial charge on any atom is 0.409 e. The molecule has 1 heterocycles. The van der Waals surface area contributed by atoms with Gasteiger partial charge in [0.15, 0.2) is 0 Å². The van der Waals surface area contributed by atoms with Gasteiger partial charge in [0.25, 0.3) is 0 Å². The van der Waals surface area contributed by atoms with E-state index in [1.54, 1.807) is 24.1 Å². The van der Waals surface area contributed by atoms with Crippen LogP contribution in [0.15, 0.2) is 48.5 Å². The lowest BCUT2D eigenvalue weighted by atomic mass is 10.0. The number of amides is 1. The van der Waals surface area contributed by atoms with Gasteiger partial charge in [0.1, 0.15) is 18.4 Å². The Labute approximate surface area is 234 Å². The monoisotopic (exact) mass is 553 g/mol. The summed E-state index contributed by atoms with van der Waals surface area (Å²) in [4.78, 5) is 19.1. The fourth-order valence-corrected chi connectivity index (χ4v) is 4.94. The number of halogens is 1. The zero-order valence-corrected chi connectivity index (χ0v) is 25.8. The summed E-state index contributed by atoms with van der Waals surface area (Å²) in [5.74, 6) is 1.06. The maximum absolute atomic E-state index is 13.8. The lowest BCUT2D eigenvalue weighted by Gasteiger charge is -2.20. The number of hydrogen-bond acceptors (Lipinski definition) is 4. The van der Waals surface area contributed by atoms with Crippen LogP contribution in [-0.4, -0.2) is 48.9 Å². The molecule has 0 radical (unpaired) electrons. The van der Waals surface area contributed by atoms with Crippen LogP contribution in [0.25, 0.3) is 22.5 Å². The van der Waals surface area contributed by atoms with Crippen molar-refractivity contribution >= 4 is 14.2 Å². The van der Waals surface area contributed by atoms with Crippen molar-refractivity contribution < 1.29 is 18.7 Å². The van der Waals surface area contributed by atoms with Gasteiger partial charge >= 0.3 is 6.09 Å². The Hall–Kier alpha value is -2.97. The average molecular weight is 554 g/mol. The number of rotatable bonds is 12. The van der Waals surface area contributed by atoms with Gasteiger partial charge in [-0.05, 0) is 47.9 Å². The molecule has 8 heteroatoms. The average Bonchev–Trinajstić information content (AvgIpc) is 3.25. The first-order chi connectivity index (χ1) is 18.4. The van der Waals surface area contributed by atoms with Gasteiger partial charge in [0.2, 0.25) is 0 Å². The molecular weight excluding hydrogens is 509 g/mol. The molecule has 0 unspecified atom stereocenters. The number of carbonyl (C=O) groups excluding carboxylic acids is 1. The molecule has 212 valence electrons. The van der Waals surface area contributed by atoms with Crippen molar-refractivity contribution in [1.29, 1.82) is 0 Å². The second-order valence-electron chi connectivity index (χ2n) is 12.1. The third kappa shape index (κ3) is 8.76. The van der Waals surface area contributed by atoms with Gasteiger partial charge in [-0.15, -0.1) is 0 Å². The normalized spacial score (nSPS) is 11.9. The largest absolute Gasteiger partial charge is 0.449 e. The molecule has 3 aromatic rings. The number of aromatic nitrogens is 2. The van der Waals surface area contributed by atoms with Crippen molar-refractivity contribution in [2.75, 3.05) is 20.3 Å². The van der Waals surface area contributed by atoms with Crippen LogP contribution in [0.5, 0.6) is 0 Å². The molecule has 0 aliphatic heterocycles. The van der Waals surface area contributed by atoms with Crippen LogP contribution in [-0.2, 0) is 22.7 Å². The lowest BCUT2D eigenvalue weighted by molar-refractivity contribution is 0.0857. The van der Waals surface area contributed by atoms with Gasteiger partial charge in [-0.1, -0.05) is 65.5 Å². The number of ether oxygens (including phenoxy) is 2. The van der Waals surface area contributed by atoms with E-state index < -0.39 is 8.07 Å². The zero-order chi connectivity index (χ0) is 28.7. The van der Waals surface area contributed by atoms with E-state index in [0.29, 0.717) is 26.5 Å². The van der Waals surface area contributed by atoms with E-state index in [-0.39, 0.29) is 23.7 Å². The molecule has 0 N–H and O–H groups in total. The molecule has 2 aromatic carbocycles. The van der Waals surface area contributed by atoms with E-state index in [0.717, 1.165) is 39.9 Å². The highest BCUT2D eigenvalue weighted by atomic mass is 28.3. The first-order valence-corrected chi connectivity index (χ1v) is 17.5. The summed E-state index contributed by atoms with van der Waals surface area (Å²) in [5, 5.41) is 0. The predicted octanol–water partition coefficient (Wildman–Crippen LogP) is 8.02.